The van der Waals surface area contributed by atoms with Crippen molar-refractivity contribution >= 4 is 40.8 Å². The molecule has 1 atom stereocenters. The number of methoxy groups -OCH3 is 1. The zero-order chi connectivity index (χ0) is 20.9. The van der Waals surface area contributed by atoms with Gasteiger partial charge in [-0.25, -0.2) is 9.67 Å². The second-order valence-corrected chi connectivity index (χ2v) is 7.70. The first-order valence-corrected chi connectivity index (χ1v) is 10.7. The summed E-state index contributed by atoms with van der Waals surface area (Å²) in [7, 11) is 3.48. The van der Waals surface area contributed by atoms with Gasteiger partial charge in [-0.05, 0) is 30.4 Å². The third kappa shape index (κ3) is 5.38. The molecule has 8 nitrogen and oxygen atoms in total. The van der Waals surface area contributed by atoms with Crippen LogP contribution in [0.2, 0.25) is 0 Å². The topological polar surface area (TPSA) is 92.2 Å². The predicted molar refractivity (Wildman–Crippen MR) is 134 cm³/mol. The number of aliphatic imine (C=N–C) groups is 1. The smallest absolute Gasteiger partial charge is 0.191 e. The lowest BCUT2D eigenvalue weighted by molar-refractivity contribution is 0.177. The van der Waals surface area contributed by atoms with Crippen molar-refractivity contribution in [2.24, 2.45) is 4.99 Å². The zero-order valence-electron chi connectivity index (χ0n) is 18.4. The zero-order valence-corrected chi connectivity index (χ0v) is 20.8. The third-order valence-corrected chi connectivity index (χ3v) is 5.69. The molecule has 3 N–H and O–H groups in total. The second kappa shape index (κ2) is 10.9. The minimum Gasteiger partial charge on any atom is -0.377 e. The molecule has 2 aromatic heterocycles. The number of nitrogens with one attached hydrogen (secondary N) is 3. The first-order valence-electron chi connectivity index (χ1n) is 10.7. The monoisotopic (exact) mass is 537 g/mol. The van der Waals surface area contributed by atoms with E-state index < -0.39 is 0 Å². The van der Waals surface area contributed by atoms with Gasteiger partial charge in [0.25, 0.3) is 0 Å². The first kappa shape index (κ1) is 23.5. The average molecular weight is 537 g/mol. The van der Waals surface area contributed by atoms with E-state index in [0.717, 1.165) is 56.4 Å². The number of nitrogens with zero attached hydrogens (tertiary/aromatic N) is 4. The molecule has 1 aromatic carbocycles. The number of rotatable bonds is 7. The summed E-state index contributed by atoms with van der Waals surface area (Å²) >= 11 is 0. The lowest BCUT2D eigenvalue weighted by Gasteiger charge is -2.25. The highest BCUT2D eigenvalue weighted by molar-refractivity contribution is 14.0. The molecule has 1 aliphatic rings. The fourth-order valence-corrected chi connectivity index (χ4v) is 4.15. The van der Waals surface area contributed by atoms with E-state index in [1.165, 1.54) is 22.0 Å². The summed E-state index contributed by atoms with van der Waals surface area (Å²) in [5, 5.41) is 12.8. The van der Waals surface area contributed by atoms with Gasteiger partial charge < -0.3 is 20.4 Å². The Labute approximate surface area is 200 Å². The fraction of sp³-hybridized carbons (Fsp3) is 0.500. The molecule has 0 amide bonds. The van der Waals surface area contributed by atoms with E-state index in [4.69, 9.17) is 4.74 Å². The van der Waals surface area contributed by atoms with Crippen LogP contribution < -0.4 is 10.6 Å². The van der Waals surface area contributed by atoms with Crippen molar-refractivity contribution in [2.75, 3.05) is 20.7 Å². The van der Waals surface area contributed by atoms with E-state index in [-0.39, 0.29) is 30.0 Å². The molecule has 0 radical (unpaired) electrons. The SMILES string of the molecule is CCc1cccc2c(CCNC(=NC)NC3CCc4nc(COC)nn4C3)c[nH]c12.I. The van der Waals surface area contributed by atoms with E-state index in [1.807, 2.05) is 11.7 Å². The molecule has 1 unspecified atom stereocenters. The van der Waals surface area contributed by atoms with Crippen LogP contribution in [-0.2, 0) is 37.2 Å². The summed E-state index contributed by atoms with van der Waals surface area (Å²) in [5.41, 5.74) is 3.96. The normalized spacial score (nSPS) is 16.1. The van der Waals surface area contributed by atoms with Crippen LogP contribution in [0.25, 0.3) is 10.9 Å². The van der Waals surface area contributed by atoms with Crippen molar-refractivity contribution in [1.29, 1.82) is 0 Å². The van der Waals surface area contributed by atoms with Crippen LogP contribution in [0, 0.1) is 0 Å². The molecule has 168 valence electrons. The average Bonchev–Trinajstić information content (AvgIpc) is 3.36. The molecule has 0 bridgehead atoms. The van der Waals surface area contributed by atoms with Crippen LogP contribution >= 0.6 is 24.0 Å². The molecule has 0 saturated carbocycles. The van der Waals surface area contributed by atoms with Gasteiger partial charge in [-0.2, -0.15) is 5.10 Å². The summed E-state index contributed by atoms with van der Waals surface area (Å²) in [6.45, 7) is 4.25. The maximum absolute atomic E-state index is 5.14. The molecule has 4 rings (SSSR count). The van der Waals surface area contributed by atoms with Crippen LogP contribution in [0.3, 0.4) is 0 Å². The molecule has 3 aromatic rings. The highest BCUT2D eigenvalue weighted by atomic mass is 127. The van der Waals surface area contributed by atoms with Gasteiger partial charge in [0.15, 0.2) is 11.8 Å². The Hall–Kier alpha value is -2.14. The quantitative estimate of drug-likeness (QED) is 0.245. The number of para-hydroxylation sites is 1. The minimum atomic E-state index is 0. The van der Waals surface area contributed by atoms with Crippen molar-refractivity contribution in [3.8, 4) is 0 Å². The van der Waals surface area contributed by atoms with Crippen LogP contribution in [0.5, 0.6) is 0 Å². The van der Waals surface area contributed by atoms with Gasteiger partial charge in [0.1, 0.15) is 12.4 Å². The van der Waals surface area contributed by atoms with Crippen molar-refractivity contribution in [3.63, 3.8) is 0 Å². The highest BCUT2D eigenvalue weighted by Crippen LogP contribution is 2.22. The predicted octanol–water partition coefficient (Wildman–Crippen LogP) is 2.81. The number of hydrogen-bond donors (Lipinski definition) is 3. The summed E-state index contributed by atoms with van der Waals surface area (Å²) in [4.78, 5) is 12.4. The van der Waals surface area contributed by atoms with Crippen LogP contribution in [0.4, 0.5) is 0 Å². The molecule has 0 spiro atoms. The summed E-state index contributed by atoms with van der Waals surface area (Å²) < 4.78 is 7.13. The van der Waals surface area contributed by atoms with Crippen molar-refractivity contribution in [1.82, 2.24) is 30.4 Å². The Balaban J connectivity index is 0.00000272. The Kier molecular flexibility index (Phi) is 8.30. The molecular weight excluding hydrogens is 505 g/mol. The number of halogens is 1. The van der Waals surface area contributed by atoms with E-state index in [1.54, 1.807) is 7.11 Å². The van der Waals surface area contributed by atoms with Gasteiger partial charge in [0.05, 0.1) is 6.54 Å². The third-order valence-electron chi connectivity index (χ3n) is 5.69. The molecule has 9 heteroatoms. The summed E-state index contributed by atoms with van der Waals surface area (Å²) in [5.74, 6) is 2.62. The Morgan fingerprint density at radius 1 is 1.35 bits per heavy atom. The van der Waals surface area contributed by atoms with Gasteiger partial charge in [-0.15, -0.1) is 24.0 Å². The van der Waals surface area contributed by atoms with Crippen LogP contribution in [-0.4, -0.2) is 52.5 Å². The number of aryl methyl sites for hydroxylation is 2. The van der Waals surface area contributed by atoms with E-state index in [0.29, 0.717) is 6.61 Å². The lowest BCUT2D eigenvalue weighted by Crippen LogP contribution is -2.47. The number of aromatic amines is 1. The summed E-state index contributed by atoms with van der Waals surface area (Å²) in [6.07, 6.45) is 6.02. The maximum Gasteiger partial charge on any atom is 0.191 e. The molecule has 0 saturated heterocycles. The van der Waals surface area contributed by atoms with Crippen molar-refractivity contribution < 1.29 is 4.74 Å². The second-order valence-electron chi connectivity index (χ2n) is 7.70. The molecule has 31 heavy (non-hydrogen) atoms. The van der Waals surface area contributed by atoms with Crippen molar-refractivity contribution in [2.45, 2.75) is 51.8 Å². The van der Waals surface area contributed by atoms with Gasteiger partial charge in [0, 0.05) is 50.3 Å². The van der Waals surface area contributed by atoms with E-state index in [9.17, 15) is 0 Å². The lowest BCUT2D eigenvalue weighted by atomic mass is 10.1. The van der Waals surface area contributed by atoms with Gasteiger partial charge in [-0.3, -0.25) is 4.99 Å². The molecule has 0 aliphatic carbocycles. The largest absolute Gasteiger partial charge is 0.377 e. The van der Waals surface area contributed by atoms with Gasteiger partial charge in [-0.1, -0.05) is 25.1 Å². The van der Waals surface area contributed by atoms with Gasteiger partial charge in [0.2, 0.25) is 0 Å². The minimum absolute atomic E-state index is 0. The molecule has 3 heterocycles. The van der Waals surface area contributed by atoms with Crippen LogP contribution in [0.15, 0.2) is 29.4 Å². The number of guanidine groups is 1. The number of fused-ring (bicyclic) bond motifs is 2. The number of aromatic nitrogens is 4. The molecule has 1 aliphatic heterocycles. The molecule has 0 fully saturated rings. The summed E-state index contributed by atoms with van der Waals surface area (Å²) in [6, 6.07) is 6.81. The Bertz CT molecular complexity index is 1030. The number of benzene rings is 1. The maximum atomic E-state index is 5.14. The fourth-order valence-electron chi connectivity index (χ4n) is 4.15. The first-order chi connectivity index (χ1) is 14.7. The highest BCUT2D eigenvalue weighted by Gasteiger charge is 2.22. The number of hydrogen-bond acceptors (Lipinski definition) is 4. The van der Waals surface area contributed by atoms with Gasteiger partial charge >= 0.3 is 0 Å². The number of ether oxygens (including phenoxy) is 1. The van der Waals surface area contributed by atoms with E-state index >= 15 is 0 Å². The standard InChI is InChI=1S/C22H31N7O.HI/c1-4-15-6-5-7-18-16(12-25-21(15)18)10-11-24-22(23-2)26-17-8-9-20-27-19(14-30-3)28-29(20)13-17;/h5-7,12,17,25H,4,8-11,13-14H2,1-3H3,(H2,23,24,26);1H. The van der Waals surface area contributed by atoms with Crippen LogP contribution in [0.1, 0.15) is 36.1 Å². The number of H-pyrrole nitrogens is 1. The Morgan fingerprint density at radius 2 is 2.23 bits per heavy atom. The van der Waals surface area contributed by atoms with E-state index in [2.05, 4.69) is 62.0 Å². The Morgan fingerprint density at radius 3 is 3.00 bits per heavy atom. The van der Waals surface area contributed by atoms with Crippen molar-refractivity contribution in [3.05, 3.63) is 47.2 Å². The molecular formula is C22H32IN7O.